The van der Waals surface area contributed by atoms with E-state index >= 15 is 0 Å². The zero-order valence-electron chi connectivity index (χ0n) is 3.91. The molecule has 0 aromatic carbocycles. The number of rotatable bonds is 2. The van der Waals surface area contributed by atoms with Gasteiger partial charge in [-0.15, -0.1) is 0 Å². The molecule has 0 saturated carbocycles. The molecule has 0 aliphatic rings. The molecule has 0 aliphatic carbocycles. The van der Waals surface area contributed by atoms with E-state index in [-0.39, 0.29) is 6.61 Å². The van der Waals surface area contributed by atoms with Crippen molar-refractivity contribution in [1.29, 1.82) is 0 Å². The van der Waals surface area contributed by atoms with E-state index in [1.807, 2.05) is 0 Å². The Bertz CT molecular complexity index is 77.8. The molecule has 3 nitrogen and oxygen atoms in total. The van der Waals surface area contributed by atoms with E-state index in [9.17, 15) is 0 Å². The summed E-state index contributed by atoms with van der Waals surface area (Å²) in [6, 6.07) is 0. The van der Waals surface area contributed by atoms with Crippen LogP contribution in [0.15, 0.2) is 17.3 Å². The largest absolute Gasteiger partial charge is 0.392 e. The van der Waals surface area contributed by atoms with Crippen LogP contribution in [0.25, 0.3) is 0 Å². The fourth-order valence-electron chi connectivity index (χ4n) is 0.171. The van der Waals surface area contributed by atoms with Crippen LogP contribution >= 0.6 is 0 Å². The molecule has 0 amide bonds. The first-order valence-corrected chi connectivity index (χ1v) is 1.91. The van der Waals surface area contributed by atoms with Crippen molar-refractivity contribution < 1.29 is 5.11 Å². The number of aliphatic hydroxyl groups excluding tert-OH is 1. The quantitative estimate of drug-likeness (QED) is 0.278. The van der Waals surface area contributed by atoms with Gasteiger partial charge in [0.15, 0.2) is 0 Å². The lowest BCUT2D eigenvalue weighted by atomic mass is 10.5. The highest BCUT2D eigenvalue weighted by Crippen LogP contribution is 1.61. The Morgan fingerprint density at radius 1 is 1.71 bits per heavy atom. The maximum atomic E-state index is 8.10. The van der Waals surface area contributed by atoms with Gasteiger partial charge in [0.05, 0.1) is 6.61 Å². The Morgan fingerprint density at radius 2 is 2.43 bits per heavy atom. The van der Waals surface area contributed by atoms with E-state index in [0.29, 0.717) is 0 Å². The fraction of sp³-hybridized carbons (Fsp3) is 0.250. The minimum Gasteiger partial charge on any atom is -0.392 e. The number of allylic oxidation sites excluding steroid dienone is 1. The summed E-state index contributed by atoms with van der Waals surface area (Å²) in [6.07, 6.45) is 4.51. The highest BCUT2D eigenvalue weighted by atomic mass is 16.2. The van der Waals surface area contributed by atoms with E-state index in [4.69, 9.17) is 10.9 Å². The van der Waals surface area contributed by atoms with E-state index in [1.54, 1.807) is 6.08 Å². The highest BCUT2D eigenvalue weighted by Gasteiger charge is 1.59. The van der Waals surface area contributed by atoms with Crippen LogP contribution in [0.3, 0.4) is 0 Å². The van der Waals surface area contributed by atoms with Gasteiger partial charge in [-0.3, -0.25) is 0 Å². The lowest BCUT2D eigenvalue weighted by Crippen LogP contribution is -1.78. The molecule has 0 rings (SSSR count). The van der Waals surface area contributed by atoms with E-state index in [2.05, 4.69) is 5.10 Å². The molecule has 3 heteroatoms. The van der Waals surface area contributed by atoms with Crippen molar-refractivity contribution in [3.63, 3.8) is 0 Å². The van der Waals surface area contributed by atoms with Crippen LogP contribution in [0.2, 0.25) is 0 Å². The molecule has 0 bridgehead atoms. The summed E-state index contributed by atoms with van der Waals surface area (Å²) < 4.78 is 0. The van der Waals surface area contributed by atoms with Gasteiger partial charge in [0.1, 0.15) is 0 Å². The van der Waals surface area contributed by atoms with Gasteiger partial charge < -0.3 is 10.9 Å². The maximum Gasteiger partial charge on any atom is 0.0616 e. The summed E-state index contributed by atoms with van der Waals surface area (Å²) in [7, 11) is 0. The van der Waals surface area contributed by atoms with Crippen molar-refractivity contribution in [2.75, 3.05) is 6.61 Å². The second-order valence-electron chi connectivity index (χ2n) is 0.909. The molecule has 0 aliphatic heterocycles. The first-order chi connectivity index (χ1) is 3.41. The third kappa shape index (κ3) is 5.17. The van der Waals surface area contributed by atoms with E-state index in [0.717, 1.165) is 0 Å². The summed E-state index contributed by atoms with van der Waals surface area (Å²) in [5.41, 5.74) is 0. The van der Waals surface area contributed by atoms with Crippen LogP contribution in [0.4, 0.5) is 0 Å². The average molecular weight is 100 g/mol. The molecule has 40 valence electrons. The van der Waals surface area contributed by atoms with Crippen LogP contribution in [-0.4, -0.2) is 17.9 Å². The van der Waals surface area contributed by atoms with Gasteiger partial charge in [-0.25, -0.2) is 0 Å². The predicted octanol–water partition coefficient (Wildman–Crippen LogP) is -0.521. The second kappa shape index (κ2) is 5.17. The van der Waals surface area contributed by atoms with Crippen LogP contribution in [0.1, 0.15) is 0 Å². The van der Waals surface area contributed by atoms with Gasteiger partial charge in [0.2, 0.25) is 0 Å². The summed E-state index contributed by atoms with van der Waals surface area (Å²) in [5.74, 6) is 4.71. The monoisotopic (exact) mass is 100 g/mol. The molecule has 0 saturated heterocycles. The Labute approximate surface area is 42.1 Å². The van der Waals surface area contributed by atoms with Gasteiger partial charge >= 0.3 is 0 Å². The van der Waals surface area contributed by atoms with Crippen LogP contribution in [0.5, 0.6) is 0 Å². The average Bonchev–Trinajstić information content (AvgIpc) is 1.69. The Balaban J connectivity index is 3.09. The smallest absolute Gasteiger partial charge is 0.0616 e. The third-order valence-electron chi connectivity index (χ3n) is 0.414. The maximum absolute atomic E-state index is 8.10. The topological polar surface area (TPSA) is 58.6 Å². The van der Waals surface area contributed by atoms with Crippen molar-refractivity contribution >= 4 is 6.21 Å². The molecule has 3 N–H and O–H groups in total. The number of hydrogen-bond donors (Lipinski definition) is 2. The van der Waals surface area contributed by atoms with E-state index in [1.165, 1.54) is 12.3 Å². The van der Waals surface area contributed by atoms with Crippen molar-refractivity contribution in [2.24, 2.45) is 10.9 Å². The summed E-state index contributed by atoms with van der Waals surface area (Å²) in [4.78, 5) is 0. The third-order valence-corrected chi connectivity index (χ3v) is 0.414. The van der Waals surface area contributed by atoms with Crippen molar-refractivity contribution in [1.82, 2.24) is 0 Å². The van der Waals surface area contributed by atoms with Crippen molar-refractivity contribution in [3.8, 4) is 0 Å². The minimum absolute atomic E-state index is 0.0337. The molecule has 0 heterocycles. The lowest BCUT2D eigenvalue weighted by Gasteiger charge is -1.70. The number of nitrogens with zero attached hydrogens (tertiary/aromatic N) is 1. The summed E-state index contributed by atoms with van der Waals surface area (Å²) >= 11 is 0. The molecule has 0 aromatic heterocycles. The Kier molecular flexibility index (Phi) is 4.56. The Hall–Kier alpha value is -0.830. The minimum atomic E-state index is 0.0337. The SMILES string of the molecule is N/N=C\C=C\CO. The van der Waals surface area contributed by atoms with Gasteiger partial charge in [-0.05, 0) is 6.08 Å². The standard InChI is InChI=1S/C4H8N2O/c5-6-3-1-2-4-7/h1-3,7H,4-5H2/b2-1+,6-3-. The fourth-order valence-corrected chi connectivity index (χ4v) is 0.171. The first kappa shape index (κ1) is 6.17. The molecular weight excluding hydrogens is 92.1 g/mol. The number of nitrogens with two attached hydrogens (primary N) is 1. The van der Waals surface area contributed by atoms with Gasteiger partial charge in [0, 0.05) is 6.21 Å². The Morgan fingerprint density at radius 3 is 2.86 bits per heavy atom. The van der Waals surface area contributed by atoms with Gasteiger partial charge in [0.25, 0.3) is 0 Å². The molecular formula is C4H8N2O. The molecule has 0 radical (unpaired) electrons. The number of aliphatic hydroxyl groups is 1. The summed E-state index contributed by atoms with van der Waals surface area (Å²) in [5, 5.41) is 11.3. The van der Waals surface area contributed by atoms with Crippen molar-refractivity contribution in [2.45, 2.75) is 0 Å². The molecule has 7 heavy (non-hydrogen) atoms. The van der Waals surface area contributed by atoms with Crippen LogP contribution in [-0.2, 0) is 0 Å². The second-order valence-corrected chi connectivity index (χ2v) is 0.909. The van der Waals surface area contributed by atoms with Gasteiger partial charge in [-0.2, -0.15) is 5.10 Å². The molecule has 0 spiro atoms. The number of hydrazone groups is 1. The van der Waals surface area contributed by atoms with E-state index < -0.39 is 0 Å². The first-order valence-electron chi connectivity index (χ1n) is 1.91. The van der Waals surface area contributed by atoms with Crippen LogP contribution < -0.4 is 5.84 Å². The zero-order chi connectivity index (χ0) is 5.54. The number of hydrogen-bond acceptors (Lipinski definition) is 3. The predicted molar refractivity (Wildman–Crippen MR) is 28.9 cm³/mol. The highest BCUT2D eigenvalue weighted by molar-refractivity contribution is 5.70. The molecule has 0 atom stereocenters. The normalized spacial score (nSPS) is 11.6. The lowest BCUT2D eigenvalue weighted by molar-refractivity contribution is 0.343. The molecule has 0 fully saturated rings. The molecule has 0 unspecified atom stereocenters. The summed E-state index contributed by atoms with van der Waals surface area (Å²) in [6.45, 7) is 0.0337. The van der Waals surface area contributed by atoms with Crippen LogP contribution in [0, 0.1) is 0 Å². The zero-order valence-corrected chi connectivity index (χ0v) is 3.91. The van der Waals surface area contributed by atoms with Gasteiger partial charge in [-0.1, -0.05) is 6.08 Å². The van der Waals surface area contributed by atoms with Crippen molar-refractivity contribution in [3.05, 3.63) is 12.2 Å². The molecule has 0 aromatic rings.